The number of hydrogen-bond acceptors (Lipinski definition) is 6. The van der Waals surface area contributed by atoms with Gasteiger partial charge in [-0.1, -0.05) is 30.3 Å². The molecule has 2 heterocycles. The van der Waals surface area contributed by atoms with Crippen molar-refractivity contribution in [1.82, 2.24) is 15.1 Å². The van der Waals surface area contributed by atoms with Crippen molar-refractivity contribution in [3.8, 4) is 6.07 Å². The molecule has 1 saturated heterocycles. The third-order valence-electron chi connectivity index (χ3n) is 5.10. The summed E-state index contributed by atoms with van der Waals surface area (Å²) in [5.41, 5.74) is 2.55. The van der Waals surface area contributed by atoms with Crippen LogP contribution in [0.15, 0.2) is 30.3 Å². The van der Waals surface area contributed by atoms with Crippen LogP contribution in [0.2, 0.25) is 0 Å². The van der Waals surface area contributed by atoms with Gasteiger partial charge in [0.25, 0.3) is 0 Å². The lowest BCUT2D eigenvalue weighted by atomic mass is 10.0. The van der Waals surface area contributed by atoms with Gasteiger partial charge in [-0.15, -0.1) is 5.10 Å². The minimum absolute atomic E-state index is 0.421. The third kappa shape index (κ3) is 3.85. The predicted octanol–water partition coefficient (Wildman–Crippen LogP) is 2.04. The lowest BCUT2D eigenvalue weighted by molar-refractivity contribution is 0.0560. The van der Waals surface area contributed by atoms with E-state index in [-0.39, 0.29) is 0 Å². The van der Waals surface area contributed by atoms with Gasteiger partial charge in [-0.2, -0.15) is 10.4 Å². The Morgan fingerprint density at radius 2 is 2.00 bits per heavy atom. The van der Waals surface area contributed by atoms with Crippen molar-refractivity contribution in [2.45, 2.75) is 32.4 Å². The maximum absolute atomic E-state index is 11.0. The molecule has 0 aliphatic carbocycles. The van der Waals surface area contributed by atoms with E-state index in [1.165, 1.54) is 5.56 Å². The molecule has 1 unspecified atom stereocenters. The summed E-state index contributed by atoms with van der Waals surface area (Å²) < 4.78 is 0. The van der Waals surface area contributed by atoms with Crippen LogP contribution in [0, 0.1) is 25.2 Å². The molecule has 6 nitrogen and oxygen atoms in total. The standard InChI is InChI=1S/C20H25N5O/c1-15-16(2)22-23-19(18(15)11-21)24(3)13-20(26)9-10-25(14-20)12-17-7-5-4-6-8-17/h4-8,26H,9-10,12-14H2,1-3H3. The molecule has 0 saturated carbocycles. The summed E-state index contributed by atoms with van der Waals surface area (Å²) in [5, 5.41) is 28.9. The molecule has 0 spiro atoms. The van der Waals surface area contributed by atoms with E-state index in [2.05, 4.69) is 33.3 Å². The number of likely N-dealkylation sites (N-methyl/N-ethyl adjacent to an activating group) is 1. The predicted molar refractivity (Wildman–Crippen MR) is 101 cm³/mol. The van der Waals surface area contributed by atoms with Gasteiger partial charge in [0.1, 0.15) is 11.6 Å². The maximum atomic E-state index is 11.0. The number of aryl methyl sites for hydroxylation is 1. The first kappa shape index (κ1) is 18.3. The van der Waals surface area contributed by atoms with E-state index in [0.717, 1.165) is 24.3 Å². The quantitative estimate of drug-likeness (QED) is 0.888. The third-order valence-corrected chi connectivity index (χ3v) is 5.10. The summed E-state index contributed by atoms with van der Waals surface area (Å²) in [6.07, 6.45) is 0.699. The highest BCUT2D eigenvalue weighted by Gasteiger charge is 2.37. The van der Waals surface area contributed by atoms with Gasteiger partial charge in [0, 0.05) is 33.2 Å². The molecule has 1 N–H and O–H groups in total. The van der Waals surface area contributed by atoms with E-state index < -0.39 is 5.60 Å². The van der Waals surface area contributed by atoms with E-state index >= 15 is 0 Å². The molecule has 2 aromatic rings. The van der Waals surface area contributed by atoms with E-state index in [9.17, 15) is 10.4 Å². The first-order valence-corrected chi connectivity index (χ1v) is 8.86. The van der Waals surface area contributed by atoms with Gasteiger partial charge < -0.3 is 10.0 Å². The minimum atomic E-state index is -0.823. The average Bonchev–Trinajstić information content (AvgIpc) is 2.98. The SMILES string of the molecule is Cc1nnc(N(C)CC2(O)CCN(Cc3ccccc3)C2)c(C#N)c1C. The average molecular weight is 351 g/mol. The van der Waals surface area contributed by atoms with Gasteiger partial charge in [0.15, 0.2) is 5.82 Å². The molecule has 26 heavy (non-hydrogen) atoms. The molecule has 0 bridgehead atoms. The molecular weight excluding hydrogens is 326 g/mol. The van der Waals surface area contributed by atoms with E-state index in [0.29, 0.717) is 30.9 Å². The number of anilines is 1. The smallest absolute Gasteiger partial charge is 0.169 e. The topological polar surface area (TPSA) is 76.3 Å². The molecule has 1 aliphatic heterocycles. The Bertz CT molecular complexity index is 817. The summed E-state index contributed by atoms with van der Waals surface area (Å²) in [7, 11) is 1.86. The fourth-order valence-corrected chi connectivity index (χ4v) is 3.56. The lowest BCUT2D eigenvalue weighted by Gasteiger charge is -2.30. The van der Waals surface area contributed by atoms with Crippen molar-refractivity contribution in [3.05, 3.63) is 52.7 Å². The van der Waals surface area contributed by atoms with Crippen LogP contribution in [-0.4, -0.2) is 52.5 Å². The molecule has 136 valence electrons. The first-order chi connectivity index (χ1) is 12.4. The number of benzene rings is 1. The number of β-amino-alcohol motifs (C(OH)–C–C–N with tert-alkyl or cyclic N) is 1. The highest BCUT2D eigenvalue weighted by Crippen LogP contribution is 2.27. The molecule has 1 aromatic heterocycles. The molecule has 0 amide bonds. The number of hydrogen-bond donors (Lipinski definition) is 1. The summed E-state index contributed by atoms with van der Waals surface area (Å²) in [5.74, 6) is 0.533. The van der Waals surface area contributed by atoms with E-state index in [1.807, 2.05) is 44.0 Å². The zero-order valence-electron chi connectivity index (χ0n) is 15.6. The zero-order chi connectivity index (χ0) is 18.7. The number of likely N-dealkylation sites (tertiary alicyclic amines) is 1. The van der Waals surface area contributed by atoms with Crippen molar-refractivity contribution >= 4 is 5.82 Å². The molecule has 0 radical (unpaired) electrons. The molecule has 1 aliphatic rings. The number of aliphatic hydroxyl groups is 1. The van der Waals surface area contributed by atoms with Crippen molar-refractivity contribution in [2.24, 2.45) is 0 Å². The number of aromatic nitrogens is 2. The van der Waals surface area contributed by atoms with Crippen LogP contribution in [0.5, 0.6) is 0 Å². The molecular formula is C20H25N5O. The van der Waals surface area contributed by atoms with Gasteiger partial charge in [0.2, 0.25) is 0 Å². The second-order valence-corrected chi connectivity index (χ2v) is 7.25. The molecule has 1 fully saturated rings. The zero-order valence-corrected chi connectivity index (χ0v) is 15.6. The summed E-state index contributed by atoms with van der Waals surface area (Å²) >= 11 is 0. The Morgan fingerprint density at radius 3 is 2.69 bits per heavy atom. The van der Waals surface area contributed by atoms with Crippen LogP contribution in [0.3, 0.4) is 0 Å². The maximum Gasteiger partial charge on any atom is 0.169 e. The van der Waals surface area contributed by atoms with Crippen LogP contribution >= 0.6 is 0 Å². The van der Waals surface area contributed by atoms with Crippen molar-refractivity contribution < 1.29 is 5.11 Å². The summed E-state index contributed by atoms with van der Waals surface area (Å²) in [4.78, 5) is 4.12. The van der Waals surface area contributed by atoms with Crippen molar-refractivity contribution in [3.63, 3.8) is 0 Å². The van der Waals surface area contributed by atoms with E-state index in [4.69, 9.17) is 0 Å². The lowest BCUT2D eigenvalue weighted by Crippen LogP contribution is -2.44. The van der Waals surface area contributed by atoms with Crippen LogP contribution < -0.4 is 4.90 Å². The molecule has 3 rings (SSSR count). The second kappa shape index (κ2) is 7.40. The molecule has 1 atom stereocenters. The second-order valence-electron chi connectivity index (χ2n) is 7.25. The van der Waals surface area contributed by atoms with Crippen molar-refractivity contribution in [1.29, 1.82) is 5.26 Å². The van der Waals surface area contributed by atoms with E-state index in [1.54, 1.807) is 0 Å². The normalized spacial score (nSPS) is 20.1. The fourth-order valence-electron chi connectivity index (χ4n) is 3.56. The van der Waals surface area contributed by atoms with Gasteiger partial charge in [-0.25, -0.2) is 0 Å². The number of nitriles is 1. The Labute approximate surface area is 154 Å². The van der Waals surface area contributed by atoms with Crippen LogP contribution in [0.25, 0.3) is 0 Å². The highest BCUT2D eigenvalue weighted by atomic mass is 16.3. The number of rotatable bonds is 5. The molecule has 1 aromatic carbocycles. The Morgan fingerprint density at radius 1 is 1.27 bits per heavy atom. The Kier molecular flexibility index (Phi) is 5.21. The number of nitrogens with zero attached hydrogens (tertiary/aromatic N) is 5. The van der Waals surface area contributed by atoms with Crippen LogP contribution in [0.1, 0.15) is 28.8 Å². The van der Waals surface area contributed by atoms with Gasteiger partial charge in [-0.3, -0.25) is 4.90 Å². The van der Waals surface area contributed by atoms with Gasteiger partial charge in [0.05, 0.1) is 11.3 Å². The molecule has 6 heteroatoms. The monoisotopic (exact) mass is 351 g/mol. The van der Waals surface area contributed by atoms with Gasteiger partial charge >= 0.3 is 0 Å². The first-order valence-electron chi connectivity index (χ1n) is 8.86. The Hall–Kier alpha value is -2.49. The van der Waals surface area contributed by atoms with Crippen LogP contribution in [-0.2, 0) is 6.54 Å². The minimum Gasteiger partial charge on any atom is -0.387 e. The van der Waals surface area contributed by atoms with Crippen LogP contribution in [0.4, 0.5) is 5.82 Å². The highest BCUT2D eigenvalue weighted by molar-refractivity contribution is 5.57. The summed E-state index contributed by atoms with van der Waals surface area (Å²) in [6.45, 7) is 6.43. The fraction of sp³-hybridized carbons (Fsp3) is 0.450. The Balaban J connectivity index is 1.69. The summed E-state index contributed by atoms with van der Waals surface area (Å²) in [6, 6.07) is 12.5. The van der Waals surface area contributed by atoms with Gasteiger partial charge in [-0.05, 0) is 31.4 Å². The van der Waals surface area contributed by atoms with Crippen molar-refractivity contribution in [2.75, 3.05) is 31.6 Å². The largest absolute Gasteiger partial charge is 0.387 e.